The van der Waals surface area contributed by atoms with Gasteiger partial charge >= 0.3 is 6.61 Å². The number of halogens is 2. The maximum absolute atomic E-state index is 12.4. The van der Waals surface area contributed by atoms with E-state index in [1.54, 1.807) is 18.2 Å². The van der Waals surface area contributed by atoms with Gasteiger partial charge in [-0.25, -0.2) is 0 Å². The summed E-state index contributed by atoms with van der Waals surface area (Å²) in [5.41, 5.74) is 1.66. The predicted octanol–water partition coefficient (Wildman–Crippen LogP) is 3.13. The van der Waals surface area contributed by atoms with Gasteiger partial charge in [0.2, 0.25) is 5.91 Å². The topological polar surface area (TPSA) is 76.7 Å². The zero-order chi connectivity index (χ0) is 21.2. The molecule has 29 heavy (non-hydrogen) atoms. The molecule has 0 saturated heterocycles. The summed E-state index contributed by atoms with van der Waals surface area (Å²) in [6, 6.07) is 13.7. The molecule has 0 heterocycles. The Balaban J connectivity index is 2.01. The third-order valence-corrected chi connectivity index (χ3v) is 3.81. The van der Waals surface area contributed by atoms with Crippen molar-refractivity contribution in [3.63, 3.8) is 0 Å². The van der Waals surface area contributed by atoms with Gasteiger partial charge in [-0.2, -0.15) is 8.78 Å². The first-order valence-electron chi connectivity index (χ1n) is 8.83. The van der Waals surface area contributed by atoms with E-state index in [1.807, 2.05) is 30.3 Å². The number of hydrogen-bond acceptors (Lipinski definition) is 4. The molecule has 6 nitrogen and oxygen atoms in total. The fourth-order valence-corrected chi connectivity index (χ4v) is 2.54. The molecule has 2 aromatic rings. The van der Waals surface area contributed by atoms with E-state index >= 15 is 0 Å². The molecule has 154 valence electrons. The molecule has 0 saturated carbocycles. The van der Waals surface area contributed by atoms with Gasteiger partial charge in [0.15, 0.2) is 11.5 Å². The molecule has 0 radical (unpaired) electrons. The lowest BCUT2D eigenvalue weighted by molar-refractivity contribution is -0.122. The van der Waals surface area contributed by atoms with E-state index in [9.17, 15) is 18.4 Å². The Morgan fingerprint density at radius 1 is 1.10 bits per heavy atom. The lowest BCUT2D eigenvalue weighted by Crippen LogP contribution is -2.34. The summed E-state index contributed by atoms with van der Waals surface area (Å²) >= 11 is 0. The third kappa shape index (κ3) is 7.25. The minimum Gasteiger partial charge on any atom is -0.493 e. The number of carbonyl (C=O) groups is 2. The van der Waals surface area contributed by atoms with Crippen LogP contribution in [0.1, 0.15) is 18.1 Å². The lowest BCUT2D eigenvalue weighted by Gasteiger charge is -2.12. The van der Waals surface area contributed by atoms with Crippen LogP contribution in [0.4, 0.5) is 8.78 Å². The Morgan fingerprint density at radius 3 is 2.45 bits per heavy atom. The highest BCUT2D eigenvalue weighted by molar-refractivity contribution is 6.00. The maximum Gasteiger partial charge on any atom is 0.387 e. The van der Waals surface area contributed by atoms with Crippen LogP contribution in [0.25, 0.3) is 6.08 Å². The molecule has 2 aromatic carbocycles. The van der Waals surface area contributed by atoms with Gasteiger partial charge in [0.25, 0.3) is 5.91 Å². The fraction of sp³-hybridized carbons (Fsp3) is 0.238. The quantitative estimate of drug-likeness (QED) is 0.630. The average molecular weight is 404 g/mol. The Bertz CT molecular complexity index is 870. The van der Waals surface area contributed by atoms with Crippen molar-refractivity contribution in [3.05, 3.63) is 65.4 Å². The van der Waals surface area contributed by atoms with E-state index in [2.05, 4.69) is 15.4 Å². The first-order chi connectivity index (χ1) is 13.9. The molecule has 0 atom stereocenters. The van der Waals surface area contributed by atoms with Gasteiger partial charge in [-0.3, -0.25) is 9.59 Å². The average Bonchev–Trinajstić information content (AvgIpc) is 2.68. The number of methoxy groups -OCH3 is 1. The minimum absolute atomic E-state index is 0.0611. The monoisotopic (exact) mass is 404 g/mol. The van der Waals surface area contributed by atoms with Gasteiger partial charge in [0.1, 0.15) is 5.70 Å². The molecule has 2 rings (SSSR count). The van der Waals surface area contributed by atoms with Crippen LogP contribution in [-0.4, -0.2) is 32.1 Å². The van der Waals surface area contributed by atoms with E-state index < -0.39 is 12.5 Å². The Labute approximate surface area is 167 Å². The zero-order valence-corrected chi connectivity index (χ0v) is 16.1. The van der Waals surface area contributed by atoms with Gasteiger partial charge in [-0.05, 0) is 35.8 Å². The third-order valence-electron chi connectivity index (χ3n) is 3.81. The summed E-state index contributed by atoms with van der Waals surface area (Å²) < 4.78 is 34.2. The SMILES string of the molecule is COc1cc(CCNC(=O)/C(=C/c2ccccc2)NC(C)=O)ccc1OC(F)F. The van der Waals surface area contributed by atoms with Gasteiger partial charge in [0.05, 0.1) is 7.11 Å². The Kier molecular flexibility index (Phi) is 8.14. The fourth-order valence-electron chi connectivity index (χ4n) is 2.54. The highest BCUT2D eigenvalue weighted by atomic mass is 19.3. The van der Waals surface area contributed by atoms with Crippen molar-refractivity contribution in [2.45, 2.75) is 20.0 Å². The number of alkyl halides is 2. The van der Waals surface area contributed by atoms with Crippen LogP contribution in [0.15, 0.2) is 54.2 Å². The smallest absolute Gasteiger partial charge is 0.387 e. The largest absolute Gasteiger partial charge is 0.493 e. The van der Waals surface area contributed by atoms with Gasteiger partial charge in [-0.1, -0.05) is 36.4 Å². The summed E-state index contributed by atoms with van der Waals surface area (Å²) in [5.74, 6) is -0.679. The number of ether oxygens (including phenoxy) is 2. The number of carbonyl (C=O) groups excluding carboxylic acids is 2. The highest BCUT2D eigenvalue weighted by Crippen LogP contribution is 2.29. The summed E-state index contributed by atoms with van der Waals surface area (Å²) in [6.07, 6.45) is 2.01. The van der Waals surface area contributed by atoms with Crippen LogP contribution < -0.4 is 20.1 Å². The molecule has 0 aliphatic carbocycles. The first kappa shape index (κ1) is 21.9. The standard InChI is InChI=1S/C21H22F2N2O4/c1-14(26)25-17(12-15-6-4-3-5-7-15)20(27)24-11-10-16-8-9-18(29-21(22)23)19(13-16)28-2/h3-9,12-13,21H,10-11H2,1-2H3,(H,24,27)(H,25,26)/b17-12-. The molecule has 0 aromatic heterocycles. The maximum atomic E-state index is 12.4. The first-order valence-corrected chi connectivity index (χ1v) is 8.83. The summed E-state index contributed by atoms with van der Waals surface area (Å²) in [6.45, 7) is -1.36. The molecule has 0 aliphatic rings. The Morgan fingerprint density at radius 2 is 1.83 bits per heavy atom. The van der Waals surface area contributed by atoms with E-state index in [-0.39, 0.29) is 29.6 Å². The summed E-state index contributed by atoms with van der Waals surface area (Å²) in [5, 5.41) is 5.25. The second-order valence-corrected chi connectivity index (χ2v) is 6.02. The van der Waals surface area contributed by atoms with Crippen LogP contribution in [0.2, 0.25) is 0 Å². The van der Waals surface area contributed by atoms with E-state index in [0.717, 1.165) is 11.1 Å². The number of benzene rings is 2. The number of nitrogens with one attached hydrogen (secondary N) is 2. The predicted molar refractivity (Wildman–Crippen MR) is 105 cm³/mol. The van der Waals surface area contributed by atoms with Crippen LogP contribution in [0, 0.1) is 0 Å². The zero-order valence-electron chi connectivity index (χ0n) is 16.1. The van der Waals surface area contributed by atoms with Crippen molar-refractivity contribution in [2.75, 3.05) is 13.7 Å². The Hall–Kier alpha value is -3.42. The molecular weight excluding hydrogens is 382 g/mol. The van der Waals surface area contributed by atoms with Crippen molar-refractivity contribution in [1.29, 1.82) is 0 Å². The van der Waals surface area contributed by atoms with Gasteiger partial charge in [-0.15, -0.1) is 0 Å². The second kappa shape index (κ2) is 10.8. The normalized spacial score (nSPS) is 11.1. The lowest BCUT2D eigenvalue weighted by atomic mass is 10.1. The van der Waals surface area contributed by atoms with Crippen LogP contribution >= 0.6 is 0 Å². The van der Waals surface area contributed by atoms with Crippen molar-refractivity contribution >= 4 is 17.9 Å². The number of rotatable bonds is 9. The molecule has 2 amide bonds. The molecule has 0 unspecified atom stereocenters. The molecule has 0 bridgehead atoms. The summed E-state index contributed by atoms with van der Waals surface area (Å²) in [4.78, 5) is 23.9. The number of hydrogen-bond donors (Lipinski definition) is 2. The van der Waals surface area contributed by atoms with Crippen molar-refractivity contribution in [1.82, 2.24) is 10.6 Å². The molecular formula is C21H22F2N2O4. The molecule has 8 heteroatoms. The van der Waals surface area contributed by atoms with Crippen molar-refractivity contribution < 1.29 is 27.8 Å². The summed E-state index contributed by atoms with van der Waals surface area (Å²) in [7, 11) is 1.35. The van der Waals surface area contributed by atoms with Crippen molar-refractivity contribution in [2.24, 2.45) is 0 Å². The van der Waals surface area contributed by atoms with E-state index in [1.165, 1.54) is 20.1 Å². The van der Waals surface area contributed by atoms with Gasteiger partial charge < -0.3 is 20.1 Å². The second-order valence-electron chi connectivity index (χ2n) is 6.02. The molecule has 0 aliphatic heterocycles. The van der Waals surface area contributed by atoms with Crippen LogP contribution in [0.5, 0.6) is 11.5 Å². The minimum atomic E-state index is -2.95. The molecule has 2 N–H and O–H groups in total. The molecule has 0 fully saturated rings. The van der Waals surface area contributed by atoms with Crippen LogP contribution in [-0.2, 0) is 16.0 Å². The van der Waals surface area contributed by atoms with E-state index in [4.69, 9.17) is 4.74 Å². The van der Waals surface area contributed by atoms with Crippen LogP contribution in [0.3, 0.4) is 0 Å². The molecule has 0 spiro atoms. The number of amides is 2. The van der Waals surface area contributed by atoms with Gasteiger partial charge in [0, 0.05) is 13.5 Å². The van der Waals surface area contributed by atoms with E-state index in [0.29, 0.717) is 6.42 Å². The highest BCUT2D eigenvalue weighted by Gasteiger charge is 2.13. The van der Waals surface area contributed by atoms with Crippen molar-refractivity contribution in [3.8, 4) is 11.5 Å².